The maximum atomic E-state index is 10.9. The molecule has 5 heteroatoms. The Morgan fingerprint density at radius 1 is 1.00 bits per heavy atom. The molecule has 0 aliphatic carbocycles. The number of halogens is 1. The van der Waals surface area contributed by atoms with Crippen molar-refractivity contribution in [2.75, 3.05) is 14.2 Å². The molecule has 0 amide bonds. The number of rotatable bonds is 14. The van der Waals surface area contributed by atoms with Gasteiger partial charge in [0.05, 0.1) is 12.2 Å². The van der Waals surface area contributed by atoms with E-state index in [4.69, 9.17) is 14.6 Å². The molecule has 0 aliphatic heterocycles. The van der Waals surface area contributed by atoms with Crippen LogP contribution < -0.4 is 0 Å². The van der Waals surface area contributed by atoms with Crippen molar-refractivity contribution in [2.24, 2.45) is 5.92 Å². The Labute approximate surface area is 196 Å². The predicted molar refractivity (Wildman–Crippen MR) is 135 cm³/mol. The molecule has 0 radical (unpaired) electrons. The van der Waals surface area contributed by atoms with E-state index in [1.54, 1.807) is 27.2 Å². The summed E-state index contributed by atoms with van der Waals surface area (Å²) in [5.41, 5.74) is 2.68. The van der Waals surface area contributed by atoms with E-state index in [1.165, 1.54) is 5.57 Å². The van der Waals surface area contributed by atoms with E-state index in [0.29, 0.717) is 5.57 Å². The molecule has 0 saturated carbocycles. The van der Waals surface area contributed by atoms with Gasteiger partial charge in [0.2, 0.25) is 0 Å². The van der Waals surface area contributed by atoms with Crippen LogP contribution in [0.4, 0.5) is 0 Å². The van der Waals surface area contributed by atoms with Gasteiger partial charge in [-0.15, -0.1) is 0 Å². The quantitative estimate of drug-likeness (QED) is 0.153. The van der Waals surface area contributed by atoms with Crippen molar-refractivity contribution in [1.82, 2.24) is 0 Å². The Bertz CT molecular complexity index is 683. The Balaban J connectivity index is 4.69. The molecular weight excluding hydrogens is 491 g/mol. The first-order valence-electron chi connectivity index (χ1n) is 10.2. The summed E-state index contributed by atoms with van der Waals surface area (Å²) < 4.78 is 13.0. The minimum Gasteiger partial charge on any atom is -0.478 e. The summed E-state index contributed by atoms with van der Waals surface area (Å²) in [6, 6.07) is 0. The fourth-order valence-corrected chi connectivity index (χ4v) is 3.17. The summed E-state index contributed by atoms with van der Waals surface area (Å²) >= 11 is 2.21. The lowest BCUT2D eigenvalue weighted by molar-refractivity contribution is -0.132. The number of carboxylic acid groups (broad SMARTS) is 1. The second-order valence-electron chi connectivity index (χ2n) is 7.31. The molecule has 3 atom stereocenters. The van der Waals surface area contributed by atoms with Crippen LogP contribution in [0.3, 0.4) is 0 Å². The Morgan fingerprint density at radius 2 is 1.67 bits per heavy atom. The van der Waals surface area contributed by atoms with Crippen molar-refractivity contribution in [2.45, 2.75) is 59.2 Å². The standard InChI is InChI=1S/C25H37IO4/c1-19(9-7-11-23(29-5)15-16-26)10-8-12-24(30-6)18-21(3)14-13-20(2)17-22(4)25(27)28/h8-10,13-18,20,23-24H,7,11-12H2,1-6H3,(H,27,28)/b10-8+,14-13+,16-15+,19-9-,21-18+,22-17+/t20-,23+,24+/m1/s1. The molecule has 0 heterocycles. The number of carboxylic acids is 1. The Morgan fingerprint density at radius 3 is 2.23 bits per heavy atom. The molecule has 0 aromatic heterocycles. The molecule has 0 saturated heterocycles. The molecule has 0 bridgehead atoms. The number of allylic oxidation sites excluding steroid dienone is 7. The summed E-state index contributed by atoms with van der Waals surface area (Å²) in [4.78, 5) is 10.9. The van der Waals surface area contributed by atoms with Gasteiger partial charge in [0.25, 0.3) is 0 Å². The molecule has 4 nitrogen and oxygen atoms in total. The van der Waals surface area contributed by atoms with E-state index in [2.05, 4.69) is 59.9 Å². The molecular formula is C25H37IO4. The topological polar surface area (TPSA) is 55.8 Å². The zero-order valence-electron chi connectivity index (χ0n) is 19.1. The summed E-state index contributed by atoms with van der Waals surface area (Å²) in [5.74, 6) is -0.822. The van der Waals surface area contributed by atoms with Crippen molar-refractivity contribution in [3.8, 4) is 0 Å². The SMILES string of the molecule is CO[C@H](/C=C(C)/C=C/[C@@H](C)/C=C(\C)C(=O)O)C/C=C/C(C)=C\CC[C@@H](/C=C/I)OC. The number of ether oxygens (including phenoxy) is 2. The van der Waals surface area contributed by atoms with E-state index >= 15 is 0 Å². The zero-order chi connectivity index (χ0) is 22.9. The largest absolute Gasteiger partial charge is 0.478 e. The lowest BCUT2D eigenvalue weighted by Gasteiger charge is -2.09. The maximum absolute atomic E-state index is 10.9. The van der Waals surface area contributed by atoms with Crippen molar-refractivity contribution in [1.29, 1.82) is 0 Å². The maximum Gasteiger partial charge on any atom is 0.330 e. The van der Waals surface area contributed by atoms with Gasteiger partial charge in [0.1, 0.15) is 0 Å². The highest BCUT2D eigenvalue weighted by Crippen LogP contribution is 2.12. The summed E-state index contributed by atoms with van der Waals surface area (Å²) in [5, 5.41) is 8.95. The molecule has 0 fully saturated rings. The van der Waals surface area contributed by atoms with Crippen LogP contribution in [0.25, 0.3) is 0 Å². The molecule has 0 aliphatic rings. The van der Waals surface area contributed by atoms with E-state index in [1.807, 2.05) is 30.1 Å². The van der Waals surface area contributed by atoms with Gasteiger partial charge in [-0.05, 0) is 56.1 Å². The first kappa shape index (κ1) is 28.6. The average Bonchev–Trinajstić information content (AvgIpc) is 2.70. The summed E-state index contributed by atoms with van der Waals surface area (Å²) in [6.45, 7) is 7.70. The van der Waals surface area contributed by atoms with E-state index in [9.17, 15) is 4.79 Å². The van der Waals surface area contributed by atoms with Gasteiger partial charge in [0.15, 0.2) is 0 Å². The van der Waals surface area contributed by atoms with Gasteiger partial charge in [-0.3, -0.25) is 0 Å². The van der Waals surface area contributed by atoms with Crippen LogP contribution in [0.1, 0.15) is 47.0 Å². The van der Waals surface area contributed by atoms with Crippen LogP contribution in [-0.4, -0.2) is 37.5 Å². The van der Waals surface area contributed by atoms with Gasteiger partial charge in [-0.1, -0.05) is 83.2 Å². The highest BCUT2D eigenvalue weighted by Gasteiger charge is 2.03. The number of methoxy groups -OCH3 is 2. The molecule has 0 aromatic carbocycles. The van der Waals surface area contributed by atoms with Crippen molar-refractivity contribution in [3.63, 3.8) is 0 Å². The smallest absolute Gasteiger partial charge is 0.330 e. The first-order chi connectivity index (χ1) is 14.2. The van der Waals surface area contributed by atoms with Crippen molar-refractivity contribution >= 4 is 28.6 Å². The molecule has 0 aromatic rings. The molecule has 0 unspecified atom stereocenters. The van der Waals surface area contributed by atoms with Gasteiger partial charge in [-0.25, -0.2) is 4.79 Å². The number of hydrogen-bond donors (Lipinski definition) is 1. The summed E-state index contributed by atoms with van der Waals surface area (Å²) in [6.07, 6.45) is 19.3. The van der Waals surface area contributed by atoms with Crippen molar-refractivity contribution < 1.29 is 19.4 Å². The number of carbonyl (C=O) groups is 1. The highest BCUT2D eigenvalue weighted by atomic mass is 127. The third-order valence-corrected chi connectivity index (χ3v) is 4.94. The van der Waals surface area contributed by atoms with Crippen LogP contribution in [0.5, 0.6) is 0 Å². The number of hydrogen-bond acceptors (Lipinski definition) is 3. The Kier molecular flexibility index (Phi) is 16.4. The minimum atomic E-state index is -0.880. The monoisotopic (exact) mass is 528 g/mol. The van der Waals surface area contributed by atoms with Gasteiger partial charge < -0.3 is 14.6 Å². The zero-order valence-corrected chi connectivity index (χ0v) is 21.3. The van der Waals surface area contributed by atoms with Gasteiger partial charge >= 0.3 is 5.97 Å². The molecule has 0 rings (SSSR count). The molecule has 168 valence electrons. The summed E-state index contributed by atoms with van der Waals surface area (Å²) in [7, 11) is 3.45. The lowest BCUT2D eigenvalue weighted by Crippen LogP contribution is -2.06. The fourth-order valence-electron chi connectivity index (χ4n) is 2.71. The van der Waals surface area contributed by atoms with Crippen LogP contribution in [-0.2, 0) is 14.3 Å². The van der Waals surface area contributed by atoms with E-state index < -0.39 is 5.97 Å². The van der Waals surface area contributed by atoms with Crippen molar-refractivity contribution in [3.05, 3.63) is 69.4 Å². The van der Waals surface area contributed by atoms with Crippen LogP contribution in [0.2, 0.25) is 0 Å². The lowest BCUT2D eigenvalue weighted by atomic mass is 10.1. The fraction of sp³-hybridized carbons (Fsp3) is 0.480. The second-order valence-corrected chi connectivity index (χ2v) is 8.03. The first-order valence-corrected chi connectivity index (χ1v) is 11.4. The highest BCUT2D eigenvalue weighted by molar-refractivity contribution is 14.1. The van der Waals surface area contributed by atoms with Crippen LogP contribution in [0.15, 0.2) is 69.4 Å². The number of aliphatic carboxylic acids is 1. The average molecular weight is 528 g/mol. The Hall–Kier alpha value is -1.44. The molecule has 1 N–H and O–H groups in total. The van der Waals surface area contributed by atoms with E-state index in [0.717, 1.165) is 24.8 Å². The second kappa shape index (κ2) is 17.3. The van der Waals surface area contributed by atoms with E-state index in [-0.39, 0.29) is 18.1 Å². The molecule has 0 spiro atoms. The van der Waals surface area contributed by atoms with Gasteiger partial charge in [-0.2, -0.15) is 0 Å². The third kappa shape index (κ3) is 14.5. The van der Waals surface area contributed by atoms with Crippen LogP contribution >= 0.6 is 22.6 Å². The van der Waals surface area contributed by atoms with Crippen LogP contribution in [0, 0.1) is 5.92 Å². The normalized spacial score (nSPS) is 17.2. The predicted octanol–water partition coefficient (Wildman–Crippen LogP) is 6.81. The minimum absolute atomic E-state index is 0.00281. The third-order valence-electron chi connectivity index (χ3n) is 4.52. The van der Waals surface area contributed by atoms with Gasteiger partial charge in [0, 0.05) is 19.8 Å². The molecule has 30 heavy (non-hydrogen) atoms.